The monoisotopic (exact) mass is 258 g/mol. The molecular formula is C13H26N2OS. The van der Waals surface area contributed by atoms with Crippen molar-refractivity contribution in [3.63, 3.8) is 0 Å². The Morgan fingerprint density at radius 1 is 1.24 bits per heavy atom. The van der Waals surface area contributed by atoms with Gasteiger partial charge in [0.2, 0.25) is 5.91 Å². The van der Waals surface area contributed by atoms with Crippen molar-refractivity contribution in [1.82, 2.24) is 4.90 Å². The Morgan fingerprint density at radius 3 is 2.41 bits per heavy atom. The second kappa shape index (κ2) is 8.81. The molecule has 3 nitrogen and oxygen atoms in total. The van der Waals surface area contributed by atoms with Gasteiger partial charge in [0.15, 0.2) is 0 Å². The minimum Gasteiger partial charge on any atom is -0.342 e. The van der Waals surface area contributed by atoms with Crippen LogP contribution in [0.1, 0.15) is 45.4 Å². The number of carbonyl (C=O) groups excluding carboxylic acids is 1. The van der Waals surface area contributed by atoms with Gasteiger partial charge in [0.05, 0.1) is 5.75 Å². The maximum atomic E-state index is 12.0. The summed E-state index contributed by atoms with van der Waals surface area (Å²) in [4.78, 5) is 14.1. The maximum absolute atomic E-state index is 12.0. The lowest BCUT2D eigenvalue weighted by Crippen LogP contribution is -2.35. The van der Waals surface area contributed by atoms with Crippen molar-refractivity contribution >= 4 is 17.7 Å². The van der Waals surface area contributed by atoms with Crippen LogP contribution in [0, 0.1) is 0 Å². The Bertz CT molecular complexity index is 215. The number of carbonyl (C=O) groups is 1. The molecule has 1 rings (SSSR count). The normalized spacial score (nSPS) is 19.5. The predicted octanol–water partition coefficient (Wildman–Crippen LogP) is 2.25. The van der Waals surface area contributed by atoms with Crippen LogP contribution in [0.15, 0.2) is 0 Å². The first-order chi connectivity index (χ1) is 8.24. The summed E-state index contributed by atoms with van der Waals surface area (Å²) in [7, 11) is 0. The van der Waals surface area contributed by atoms with Crippen LogP contribution in [0.5, 0.6) is 0 Å². The minimum atomic E-state index is 0.320. The molecule has 1 atom stereocenters. The fraction of sp³-hybridized carbons (Fsp3) is 0.923. The summed E-state index contributed by atoms with van der Waals surface area (Å²) in [6.45, 7) is 4.79. The highest BCUT2D eigenvalue weighted by atomic mass is 32.2. The van der Waals surface area contributed by atoms with Crippen molar-refractivity contribution in [2.24, 2.45) is 5.73 Å². The smallest absolute Gasteiger partial charge is 0.232 e. The van der Waals surface area contributed by atoms with Crippen LogP contribution in [0.4, 0.5) is 0 Å². The molecule has 0 aromatic carbocycles. The van der Waals surface area contributed by atoms with Gasteiger partial charge in [-0.15, -0.1) is 11.8 Å². The predicted molar refractivity (Wildman–Crippen MR) is 75.3 cm³/mol. The second-order valence-corrected chi connectivity index (χ2v) is 6.27. The summed E-state index contributed by atoms with van der Waals surface area (Å²) in [5.74, 6) is 0.946. The zero-order valence-corrected chi connectivity index (χ0v) is 11.8. The molecule has 100 valence electrons. The SMILES string of the molecule is CC(CCN)SCC(=O)N1CCCCCCC1. The van der Waals surface area contributed by atoms with Crippen molar-refractivity contribution in [1.29, 1.82) is 0 Å². The van der Waals surface area contributed by atoms with E-state index in [2.05, 4.69) is 11.8 Å². The van der Waals surface area contributed by atoms with Crippen molar-refractivity contribution in [3.8, 4) is 0 Å². The number of rotatable bonds is 5. The van der Waals surface area contributed by atoms with E-state index >= 15 is 0 Å². The van der Waals surface area contributed by atoms with Crippen LogP contribution in [0.3, 0.4) is 0 Å². The molecule has 1 heterocycles. The number of hydrogen-bond donors (Lipinski definition) is 1. The lowest BCUT2D eigenvalue weighted by atomic mass is 10.1. The van der Waals surface area contributed by atoms with Crippen LogP contribution in [0.2, 0.25) is 0 Å². The summed E-state index contributed by atoms with van der Waals surface area (Å²) in [5.41, 5.74) is 5.51. The molecule has 0 spiro atoms. The second-order valence-electron chi connectivity index (χ2n) is 4.85. The molecule has 0 saturated carbocycles. The first-order valence-corrected chi connectivity index (χ1v) is 7.88. The summed E-state index contributed by atoms with van der Waals surface area (Å²) in [6, 6.07) is 0. The van der Waals surface area contributed by atoms with Crippen molar-refractivity contribution in [2.45, 2.75) is 50.7 Å². The number of likely N-dealkylation sites (tertiary alicyclic amines) is 1. The molecule has 0 aromatic heterocycles. The maximum Gasteiger partial charge on any atom is 0.232 e. The number of nitrogens with zero attached hydrogens (tertiary/aromatic N) is 1. The first kappa shape index (κ1) is 14.8. The highest BCUT2D eigenvalue weighted by molar-refractivity contribution is 8.00. The van der Waals surface area contributed by atoms with E-state index in [0.717, 1.165) is 19.5 Å². The highest BCUT2D eigenvalue weighted by Crippen LogP contribution is 2.16. The zero-order valence-electron chi connectivity index (χ0n) is 11.0. The Morgan fingerprint density at radius 2 is 1.82 bits per heavy atom. The van der Waals surface area contributed by atoms with Crippen LogP contribution in [0.25, 0.3) is 0 Å². The van der Waals surface area contributed by atoms with Gasteiger partial charge in [-0.1, -0.05) is 26.2 Å². The van der Waals surface area contributed by atoms with Gasteiger partial charge in [-0.05, 0) is 25.8 Å². The third kappa shape index (κ3) is 6.32. The molecule has 0 aliphatic carbocycles. The molecule has 1 unspecified atom stereocenters. The lowest BCUT2D eigenvalue weighted by Gasteiger charge is -2.25. The van der Waals surface area contributed by atoms with Crippen molar-refractivity contribution < 1.29 is 4.79 Å². The van der Waals surface area contributed by atoms with Gasteiger partial charge in [0.25, 0.3) is 0 Å². The van der Waals surface area contributed by atoms with Crippen molar-refractivity contribution in [2.75, 3.05) is 25.4 Å². The molecule has 4 heteroatoms. The molecule has 1 amide bonds. The highest BCUT2D eigenvalue weighted by Gasteiger charge is 2.15. The molecule has 1 saturated heterocycles. The molecule has 17 heavy (non-hydrogen) atoms. The van der Waals surface area contributed by atoms with E-state index in [1.807, 2.05) is 0 Å². The van der Waals surface area contributed by atoms with E-state index in [1.165, 1.54) is 32.1 Å². The Hall–Kier alpha value is -0.220. The summed E-state index contributed by atoms with van der Waals surface area (Å²) in [5, 5.41) is 0.499. The van der Waals surface area contributed by atoms with Crippen LogP contribution in [-0.4, -0.2) is 41.4 Å². The van der Waals surface area contributed by atoms with Gasteiger partial charge in [-0.25, -0.2) is 0 Å². The zero-order chi connectivity index (χ0) is 12.5. The average molecular weight is 258 g/mol. The van der Waals surface area contributed by atoms with Crippen LogP contribution in [-0.2, 0) is 4.79 Å². The number of amides is 1. The van der Waals surface area contributed by atoms with Crippen LogP contribution >= 0.6 is 11.8 Å². The average Bonchev–Trinajstić information content (AvgIpc) is 2.26. The fourth-order valence-electron chi connectivity index (χ4n) is 2.12. The molecule has 0 bridgehead atoms. The largest absolute Gasteiger partial charge is 0.342 e. The van der Waals surface area contributed by atoms with Gasteiger partial charge in [0.1, 0.15) is 0 Å². The number of hydrogen-bond acceptors (Lipinski definition) is 3. The molecule has 0 radical (unpaired) electrons. The lowest BCUT2D eigenvalue weighted by molar-refractivity contribution is -0.128. The summed E-state index contributed by atoms with van der Waals surface area (Å²) >= 11 is 1.74. The van der Waals surface area contributed by atoms with Gasteiger partial charge in [-0.3, -0.25) is 4.79 Å². The van der Waals surface area contributed by atoms with Gasteiger partial charge in [0, 0.05) is 18.3 Å². The Labute approximate surface area is 109 Å². The first-order valence-electron chi connectivity index (χ1n) is 6.83. The van der Waals surface area contributed by atoms with E-state index in [9.17, 15) is 4.79 Å². The van der Waals surface area contributed by atoms with E-state index < -0.39 is 0 Å². The molecule has 1 aliphatic heterocycles. The van der Waals surface area contributed by atoms with Gasteiger partial charge >= 0.3 is 0 Å². The van der Waals surface area contributed by atoms with Crippen molar-refractivity contribution in [3.05, 3.63) is 0 Å². The van der Waals surface area contributed by atoms with E-state index in [-0.39, 0.29) is 0 Å². The third-order valence-electron chi connectivity index (χ3n) is 3.27. The minimum absolute atomic E-state index is 0.320. The third-order valence-corrected chi connectivity index (χ3v) is 4.49. The van der Waals surface area contributed by atoms with E-state index in [4.69, 9.17) is 5.73 Å². The van der Waals surface area contributed by atoms with Gasteiger partial charge < -0.3 is 10.6 Å². The van der Waals surface area contributed by atoms with E-state index in [0.29, 0.717) is 23.5 Å². The molecular weight excluding hydrogens is 232 g/mol. The fourth-order valence-corrected chi connectivity index (χ4v) is 3.03. The molecule has 2 N–H and O–H groups in total. The Balaban J connectivity index is 2.24. The molecule has 1 fully saturated rings. The van der Waals surface area contributed by atoms with E-state index in [1.54, 1.807) is 11.8 Å². The van der Waals surface area contributed by atoms with Gasteiger partial charge in [-0.2, -0.15) is 0 Å². The Kier molecular flexibility index (Phi) is 7.69. The number of nitrogens with two attached hydrogens (primary N) is 1. The summed E-state index contributed by atoms with van der Waals surface area (Å²) < 4.78 is 0. The molecule has 1 aliphatic rings. The summed E-state index contributed by atoms with van der Waals surface area (Å²) in [6.07, 6.45) is 7.24. The molecule has 0 aromatic rings. The standard InChI is InChI=1S/C13H26N2OS/c1-12(7-8-14)17-11-13(16)15-9-5-3-2-4-6-10-15/h12H,2-11,14H2,1H3. The quantitative estimate of drug-likeness (QED) is 0.822. The number of thioether (sulfide) groups is 1. The topological polar surface area (TPSA) is 46.3 Å². The van der Waals surface area contributed by atoms with Crippen LogP contribution < -0.4 is 5.73 Å².